The van der Waals surface area contributed by atoms with Gasteiger partial charge >= 0.3 is 6.03 Å². The monoisotopic (exact) mass is 806 g/mol. The van der Waals surface area contributed by atoms with Crippen molar-refractivity contribution in [3.05, 3.63) is 77.9 Å². The van der Waals surface area contributed by atoms with Gasteiger partial charge in [-0.15, -0.1) is 0 Å². The van der Waals surface area contributed by atoms with Crippen molar-refractivity contribution in [1.82, 2.24) is 26.2 Å². The van der Waals surface area contributed by atoms with Crippen LogP contribution in [0.2, 0.25) is 0 Å². The zero-order chi connectivity index (χ0) is 42.0. The van der Waals surface area contributed by atoms with Crippen LogP contribution in [-0.4, -0.2) is 119 Å². The van der Waals surface area contributed by atoms with Crippen molar-refractivity contribution in [3.63, 3.8) is 0 Å². The van der Waals surface area contributed by atoms with Gasteiger partial charge < -0.3 is 53.0 Å². The van der Waals surface area contributed by atoms with Crippen LogP contribution in [-0.2, 0) is 46.3 Å². The Hall–Kier alpha value is -5.69. The van der Waals surface area contributed by atoms with Gasteiger partial charge in [-0.2, -0.15) is 0 Å². The van der Waals surface area contributed by atoms with Gasteiger partial charge in [-0.1, -0.05) is 48.9 Å². The SMILES string of the molecule is NCCc1ccc(NC(=O)C(CCCNC(N)=O)NC(=O)[C@@H](Cc2ccccc2)NC(=O)C[C@@H]2O[C@H](CNC(=O)CCCCCN3C(=O)C=CC3=O)C(O)C2O)cc1. The molecule has 0 saturated carbocycles. The lowest BCUT2D eigenvalue weighted by atomic mass is 10.0. The Morgan fingerprint density at radius 3 is 2.12 bits per heavy atom. The number of rotatable bonds is 23. The Morgan fingerprint density at radius 1 is 0.759 bits per heavy atom. The second-order valence-corrected chi connectivity index (χ2v) is 14.2. The number of amides is 8. The van der Waals surface area contributed by atoms with E-state index in [9.17, 15) is 43.8 Å². The van der Waals surface area contributed by atoms with Crippen molar-refractivity contribution >= 4 is 47.2 Å². The molecule has 1 saturated heterocycles. The molecule has 0 aromatic heterocycles. The molecule has 11 N–H and O–H groups in total. The Morgan fingerprint density at radius 2 is 1.45 bits per heavy atom. The quantitative estimate of drug-likeness (QED) is 0.0499. The summed E-state index contributed by atoms with van der Waals surface area (Å²) in [5.74, 6) is -2.90. The van der Waals surface area contributed by atoms with E-state index in [-0.39, 0.29) is 63.0 Å². The fraction of sp³-hybridized carbons (Fsp3) is 0.475. The van der Waals surface area contributed by atoms with Crippen LogP contribution in [0.15, 0.2) is 66.7 Å². The third-order valence-electron chi connectivity index (χ3n) is 9.73. The third kappa shape index (κ3) is 14.4. The highest BCUT2D eigenvalue weighted by atomic mass is 16.5. The second kappa shape index (κ2) is 22.9. The molecule has 0 aliphatic carbocycles. The minimum Gasteiger partial charge on any atom is -0.388 e. The number of benzene rings is 2. The summed E-state index contributed by atoms with van der Waals surface area (Å²) in [5.41, 5.74) is 13.0. The Balaban J connectivity index is 1.32. The van der Waals surface area contributed by atoms with Gasteiger partial charge in [-0.25, -0.2) is 4.79 Å². The number of urea groups is 1. The Labute approximate surface area is 336 Å². The topological polar surface area (TPSA) is 285 Å². The second-order valence-electron chi connectivity index (χ2n) is 14.2. The number of aliphatic hydroxyl groups excluding tert-OH is 2. The number of nitrogens with zero attached hydrogens (tertiary/aromatic N) is 1. The Bertz CT molecular complexity index is 1740. The molecule has 6 atom stereocenters. The van der Waals surface area contributed by atoms with Gasteiger partial charge in [0.1, 0.15) is 30.4 Å². The van der Waals surface area contributed by atoms with E-state index in [1.54, 1.807) is 42.5 Å². The van der Waals surface area contributed by atoms with Gasteiger partial charge in [0, 0.05) is 50.3 Å². The number of anilines is 1. The summed E-state index contributed by atoms with van der Waals surface area (Å²) in [6.07, 6.45) is -0.140. The summed E-state index contributed by atoms with van der Waals surface area (Å²) in [6, 6.07) is 13.0. The fourth-order valence-electron chi connectivity index (χ4n) is 6.55. The van der Waals surface area contributed by atoms with Crippen LogP contribution in [0.25, 0.3) is 0 Å². The maximum atomic E-state index is 13.9. The first-order valence-corrected chi connectivity index (χ1v) is 19.4. The molecule has 2 aliphatic rings. The summed E-state index contributed by atoms with van der Waals surface area (Å²) in [6.45, 7) is 0.750. The summed E-state index contributed by atoms with van der Waals surface area (Å²) in [5, 5.41) is 34.8. The van der Waals surface area contributed by atoms with Gasteiger partial charge in [0.25, 0.3) is 11.8 Å². The third-order valence-corrected chi connectivity index (χ3v) is 9.73. The Kier molecular flexibility index (Phi) is 17.8. The summed E-state index contributed by atoms with van der Waals surface area (Å²) < 4.78 is 5.78. The largest absolute Gasteiger partial charge is 0.388 e. The maximum absolute atomic E-state index is 13.9. The van der Waals surface area contributed by atoms with E-state index in [0.29, 0.717) is 43.5 Å². The number of nitrogens with two attached hydrogens (primary N) is 2. The molecule has 0 radical (unpaired) electrons. The van der Waals surface area contributed by atoms with E-state index in [4.69, 9.17) is 16.2 Å². The highest BCUT2D eigenvalue weighted by molar-refractivity contribution is 6.12. The van der Waals surface area contributed by atoms with Crippen LogP contribution >= 0.6 is 0 Å². The van der Waals surface area contributed by atoms with E-state index in [1.807, 2.05) is 12.1 Å². The number of unbranched alkanes of at least 4 members (excludes halogenated alkanes) is 2. The molecular weight excluding hydrogens is 752 g/mol. The molecular formula is C40H54N8O10. The smallest absolute Gasteiger partial charge is 0.312 e. The van der Waals surface area contributed by atoms with E-state index in [2.05, 4.69) is 26.6 Å². The standard InChI is InChI=1S/C40H54N8O10/c41-19-18-25-12-14-27(15-13-25)45-38(55)28(10-7-20-43-40(42)57)47-39(56)29(22-26-8-3-1-4-9-26)46-33(50)23-30-36(53)37(54)31(58-30)24-44-32(49)11-5-2-6-21-48-34(51)16-17-35(48)52/h1,3-4,8-9,12-17,28-31,36-37,53-54H,2,5-7,10-11,18-24,41H2,(H,44,49)(H,45,55)(H,46,50)(H,47,56)(H3,42,43,57)/t28?,29-,30+,31-,36?,37?/m1/s1. The lowest BCUT2D eigenvalue weighted by molar-refractivity contribution is -0.137. The van der Waals surface area contributed by atoms with Crippen LogP contribution in [0.4, 0.5) is 10.5 Å². The van der Waals surface area contributed by atoms with Crippen LogP contribution in [0.1, 0.15) is 56.1 Å². The molecule has 0 bridgehead atoms. The number of aliphatic hydroxyl groups is 2. The number of carbonyl (C=O) groups excluding carboxylic acids is 7. The zero-order valence-corrected chi connectivity index (χ0v) is 32.3. The number of hydrogen-bond donors (Lipinski definition) is 9. The number of nitrogens with one attached hydrogen (secondary N) is 5. The van der Waals surface area contributed by atoms with Crippen LogP contribution < -0.4 is 38.1 Å². The van der Waals surface area contributed by atoms with Crippen LogP contribution in [0.5, 0.6) is 0 Å². The van der Waals surface area contributed by atoms with Crippen molar-refractivity contribution in [3.8, 4) is 0 Å². The predicted molar refractivity (Wildman–Crippen MR) is 211 cm³/mol. The van der Waals surface area contributed by atoms with Crippen molar-refractivity contribution in [2.24, 2.45) is 11.5 Å². The maximum Gasteiger partial charge on any atom is 0.312 e. The summed E-state index contributed by atoms with van der Waals surface area (Å²) >= 11 is 0. The molecule has 58 heavy (non-hydrogen) atoms. The highest BCUT2D eigenvalue weighted by Gasteiger charge is 2.43. The first-order chi connectivity index (χ1) is 27.8. The average Bonchev–Trinajstić information content (AvgIpc) is 3.66. The molecule has 0 spiro atoms. The summed E-state index contributed by atoms with van der Waals surface area (Å²) in [4.78, 5) is 88.9. The molecule has 4 rings (SSSR count). The van der Waals surface area contributed by atoms with Crippen molar-refractivity contribution < 1.29 is 48.5 Å². The van der Waals surface area contributed by atoms with E-state index in [1.165, 1.54) is 12.2 Å². The molecule has 2 aromatic carbocycles. The summed E-state index contributed by atoms with van der Waals surface area (Å²) in [7, 11) is 0. The number of ether oxygens (including phenoxy) is 1. The molecule has 2 aromatic rings. The van der Waals surface area contributed by atoms with Gasteiger partial charge in [-0.05, 0) is 61.9 Å². The van der Waals surface area contributed by atoms with Crippen molar-refractivity contribution in [1.29, 1.82) is 0 Å². The molecule has 2 heterocycles. The molecule has 314 valence electrons. The normalized spacial score (nSPS) is 19.7. The predicted octanol–water partition coefficient (Wildman–Crippen LogP) is -0.732. The van der Waals surface area contributed by atoms with Crippen molar-refractivity contribution in [2.45, 2.75) is 94.3 Å². The average molecular weight is 807 g/mol. The lowest BCUT2D eigenvalue weighted by Gasteiger charge is -2.24. The number of primary amides is 1. The molecule has 18 heteroatoms. The van der Waals surface area contributed by atoms with E-state index < -0.39 is 66.7 Å². The number of imide groups is 1. The van der Waals surface area contributed by atoms with Crippen molar-refractivity contribution in [2.75, 3.05) is 31.5 Å². The molecule has 1 fully saturated rings. The minimum atomic E-state index is -1.47. The highest BCUT2D eigenvalue weighted by Crippen LogP contribution is 2.24. The number of hydrogen-bond acceptors (Lipinski definition) is 11. The van der Waals surface area contributed by atoms with E-state index >= 15 is 0 Å². The molecule has 3 unspecified atom stereocenters. The minimum absolute atomic E-state index is 0.0512. The van der Waals surface area contributed by atoms with Gasteiger partial charge in [-0.3, -0.25) is 33.7 Å². The number of carbonyl (C=O) groups is 7. The molecule has 8 amide bonds. The fourth-order valence-corrected chi connectivity index (χ4v) is 6.55. The van der Waals surface area contributed by atoms with Gasteiger partial charge in [0.2, 0.25) is 23.6 Å². The van der Waals surface area contributed by atoms with Gasteiger partial charge in [0.05, 0.1) is 12.5 Å². The van der Waals surface area contributed by atoms with Gasteiger partial charge in [0.15, 0.2) is 0 Å². The molecule has 18 nitrogen and oxygen atoms in total. The lowest BCUT2D eigenvalue weighted by Crippen LogP contribution is -2.54. The molecule has 2 aliphatic heterocycles. The first-order valence-electron chi connectivity index (χ1n) is 19.4. The van der Waals surface area contributed by atoms with Crippen LogP contribution in [0.3, 0.4) is 0 Å². The van der Waals surface area contributed by atoms with Crippen LogP contribution in [0, 0.1) is 0 Å². The first kappa shape index (κ1) is 45.0. The van der Waals surface area contributed by atoms with E-state index in [0.717, 1.165) is 10.5 Å². The zero-order valence-electron chi connectivity index (χ0n) is 32.3.